The third-order valence-corrected chi connectivity index (χ3v) is 2.03. The fraction of sp³-hybridized carbons (Fsp3) is 0.857. The van der Waals surface area contributed by atoms with Gasteiger partial charge < -0.3 is 31.1 Å². The topological polar surface area (TPSA) is 125 Å². The van der Waals surface area contributed by atoms with E-state index in [9.17, 15) is 15.0 Å². The normalized spacial score (nSPS) is 37.1. The summed E-state index contributed by atoms with van der Waals surface area (Å²) in [5.41, 5.74) is 5.04. The molecule has 14 heavy (non-hydrogen) atoms. The molecular formula is C7H14N2O5. The summed E-state index contributed by atoms with van der Waals surface area (Å²) in [6.45, 7) is -0.653. The van der Waals surface area contributed by atoms with E-state index in [0.717, 1.165) is 0 Å². The average molecular weight is 206 g/mol. The molecule has 6 N–H and O–H groups in total. The summed E-state index contributed by atoms with van der Waals surface area (Å²) in [4.78, 5) is 10.8. The molecule has 1 heterocycles. The molecule has 1 amide bonds. The molecule has 0 aromatic carbocycles. The molecule has 0 aliphatic carbocycles. The largest absolute Gasteiger partial charge is 0.394 e. The third-order valence-electron chi connectivity index (χ3n) is 2.03. The number of carbonyl (C=O) groups excluding carboxylic acids is 1. The summed E-state index contributed by atoms with van der Waals surface area (Å²) < 4.78 is 4.97. The minimum atomic E-state index is -1.25. The quantitative estimate of drug-likeness (QED) is 0.326. The zero-order chi connectivity index (χ0) is 10.7. The Bertz CT molecular complexity index is 212. The molecule has 0 saturated carbocycles. The Labute approximate surface area is 80.5 Å². The van der Waals surface area contributed by atoms with Gasteiger partial charge in [-0.05, 0) is 0 Å². The van der Waals surface area contributed by atoms with Crippen molar-refractivity contribution in [3.05, 3.63) is 0 Å². The first-order chi connectivity index (χ1) is 6.60. The molecule has 4 atom stereocenters. The lowest BCUT2D eigenvalue weighted by atomic mass is 10.1. The highest BCUT2D eigenvalue weighted by Crippen LogP contribution is 2.18. The fourth-order valence-corrected chi connectivity index (χ4v) is 1.24. The van der Waals surface area contributed by atoms with Gasteiger partial charge in [-0.25, -0.2) is 0 Å². The van der Waals surface area contributed by atoms with E-state index >= 15 is 0 Å². The second-order valence-corrected chi connectivity index (χ2v) is 3.03. The second kappa shape index (κ2) is 4.67. The third kappa shape index (κ3) is 2.20. The van der Waals surface area contributed by atoms with Crippen LogP contribution >= 0.6 is 0 Å². The molecule has 0 aromatic rings. The van der Waals surface area contributed by atoms with Gasteiger partial charge in [0.2, 0.25) is 5.91 Å². The van der Waals surface area contributed by atoms with Gasteiger partial charge in [0.1, 0.15) is 18.3 Å². The van der Waals surface area contributed by atoms with E-state index in [2.05, 4.69) is 5.32 Å². The van der Waals surface area contributed by atoms with E-state index in [4.69, 9.17) is 15.6 Å². The number of rotatable bonds is 3. The van der Waals surface area contributed by atoms with Crippen LogP contribution in [0.25, 0.3) is 0 Å². The van der Waals surface area contributed by atoms with Crippen LogP contribution in [0.5, 0.6) is 0 Å². The summed E-state index contributed by atoms with van der Waals surface area (Å²) in [5, 5.41) is 29.7. The predicted octanol–water partition coefficient (Wildman–Crippen LogP) is -3.50. The van der Waals surface area contributed by atoms with Crippen molar-refractivity contribution in [3.8, 4) is 0 Å². The minimum absolute atomic E-state index is 0.230. The predicted molar refractivity (Wildman–Crippen MR) is 45.0 cm³/mol. The van der Waals surface area contributed by atoms with Crippen LogP contribution in [0.1, 0.15) is 0 Å². The maximum atomic E-state index is 10.8. The van der Waals surface area contributed by atoms with Gasteiger partial charge in [0.25, 0.3) is 0 Å². The highest BCUT2D eigenvalue weighted by atomic mass is 16.6. The van der Waals surface area contributed by atoms with E-state index in [-0.39, 0.29) is 6.54 Å². The van der Waals surface area contributed by atoms with Gasteiger partial charge in [-0.1, -0.05) is 0 Å². The fourth-order valence-electron chi connectivity index (χ4n) is 1.24. The van der Waals surface area contributed by atoms with Crippen molar-refractivity contribution < 1.29 is 24.9 Å². The number of amides is 1. The molecule has 1 fully saturated rings. The van der Waals surface area contributed by atoms with Crippen LogP contribution in [-0.4, -0.2) is 58.9 Å². The Morgan fingerprint density at radius 2 is 2.07 bits per heavy atom. The number of aliphatic hydroxyl groups excluding tert-OH is 3. The van der Waals surface area contributed by atoms with Gasteiger partial charge in [-0.3, -0.25) is 4.79 Å². The Kier molecular flexibility index (Phi) is 3.78. The van der Waals surface area contributed by atoms with Crippen molar-refractivity contribution in [2.45, 2.75) is 24.5 Å². The number of hydrogen-bond acceptors (Lipinski definition) is 6. The van der Waals surface area contributed by atoms with Crippen LogP contribution < -0.4 is 11.1 Å². The number of nitrogens with one attached hydrogen (secondary N) is 1. The van der Waals surface area contributed by atoms with Crippen LogP contribution in [0.3, 0.4) is 0 Å². The molecule has 0 aromatic heterocycles. The lowest BCUT2D eigenvalue weighted by molar-refractivity contribution is -0.126. The minimum Gasteiger partial charge on any atom is -0.394 e. The van der Waals surface area contributed by atoms with E-state index in [0.29, 0.717) is 0 Å². The zero-order valence-corrected chi connectivity index (χ0v) is 7.46. The van der Waals surface area contributed by atoms with Gasteiger partial charge in [0.05, 0.1) is 13.2 Å². The lowest BCUT2D eigenvalue weighted by Crippen LogP contribution is -2.45. The van der Waals surface area contributed by atoms with Crippen molar-refractivity contribution in [1.82, 2.24) is 5.32 Å². The Balaban J connectivity index is 2.52. The molecular weight excluding hydrogens is 192 g/mol. The number of carbonyl (C=O) groups is 1. The van der Waals surface area contributed by atoms with Crippen molar-refractivity contribution in [1.29, 1.82) is 0 Å². The Hall–Kier alpha value is -0.730. The highest BCUT2D eigenvalue weighted by Gasteiger charge is 2.42. The number of ether oxygens (including phenoxy) is 1. The van der Waals surface area contributed by atoms with E-state index < -0.39 is 37.1 Å². The van der Waals surface area contributed by atoms with Gasteiger partial charge in [0.15, 0.2) is 6.23 Å². The van der Waals surface area contributed by atoms with E-state index in [1.54, 1.807) is 0 Å². The monoisotopic (exact) mass is 206 g/mol. The van der Waals surface area contributed by atoms with E-state index in [1.807, 2.05) is 0 Å². The molecule has 0 spiro atoms. The molecule has 4 unspecified atom stereocenters. The lowest BCUT2D eigenvalue weighted by Gasteiger charge is -2.15. The SMILES string of the molecule is NCC(=O)NC1OC(CO)C(O)C1O. The Morgan fingerprint density at radius 3 is 2.50 bits per heavy atom. The first-order valence-corrected chi connectivity index (χ1v) is 4.22. The van der Waals surface area contributed by atoms with Crippen LogP contribution in [0.15, 0.2) is 0 Å². The summed E-state index contributed by atoms with van der Waals surface area (Å²) >= 11 is 0. The molecule has 0 radical (unpaired) electrons. The second-order valence-electron chi connectivity index (χ2n) is 3.03. The molecule has 0 bridgehead atoms. The Morgan fingerprint density at radius 1 is 1.43 bits per heavy atom. The maximum Gasteiger partial charge on any atom is 0.235 e. The summed E-state index contributed by atoms with van der Waals surface area (Å²) in [6, 6.07) is 0. The molecule has 82 valence electrons. The molecule has 1 saturated heterocycles. The smallest absolute Gasteiger partial charge is 0.235 e. The molecule has 7 heteroatoms. The molecule has 7 nitrogen and oxygen atoms in total. The molecule has 1 aliphatic rings. The van der Waals surface area contributed by atoms with Crippen molar-refractivity contribution >= 4 is 5.91 Å². The van der Waals surface area contributed by atoms with Crippen LogP contribution in [0, 0.1) is 0 Å². The number of hydrogen-bond donors (Lipinski definition) is 5. The van der Waals surface area contributed by atoms with Crippen molar-refractivity contribution in [2.75, 3.05) is 13.2 Å². The standard InChI is InChI=1S/C7H14N2O5/c8-1-4(11)9-7-6(13)5(12)3(2-10)14-7/h3,5-7,10,12-13H,1-2,8H2,(H,9,11). The van der Waals surface area contributed by atoms with Crippen LogP contribution in [-0.2, 0) is 9.53 Å². The van der Waals surface area contributed by atoms with E-state index in [1.165, 1.54) is 0 Å². The maximum absolute atomic E-state index is 10.8. The summed E-state index contributed by atoms with van der Waals surface area (Å²) in [6.07, 6.45) is -4.35. The van der Waals surface area contributed by atoms with Crippen LogP contribution in [0.2, 0.25) is 0 Å². The van der Waals surface area contributed by atoms with Crippen molar-refractivity contribution in [2.24, 2.45) is 5.73 Å². The van der Waals surface area contributed by atoms with Crippen molar-refractivity contribution in [3.63, 3.8) is 0 Å². The highest BCUT2D eigenvalue weighted by molar-refractivity contribution is 5.78. The molecule has 1 aliphatic heterocycles. The number of nitrogens with two attached hydrogens (primary N) is 1. The molecule has 1 rings (SSSR count). The first kappa shape index (κ1) is 11.3. The summed E-state index contributed by atoms with van der Waals surface area (Å²) in [7, 11) is 0. The van der Waals surface area contributed by atoms with Gasteiger partial charge >= 0.3 is 0 Å². The average Bonchev–Trinajstić information content (AvgIpc) is 2.45. The summed E-state index contributed by atoms with van der Waals surface area (Å²) in [5.74, 6) is -0.500. The van der Waals surface area contributed by atoms with Gasteiger partial charge in [-0.15, -0.1) is 0 Å². The van der Waals surface area contributed by atoms with Gasteiger partial charge in [-0.2, -0.15) is 0 Å². The van der Waals surface area contributed by atoms with Crippen LogP contribution in [0.4, 0.5) is 0 Å². The number of aliphatic hydroxyl groups is 3. The zero-order valence-electron chi connectivity index (χ0n) is 7.46. The van der Waals surface area contributed by atoms with Gasteiger partial charge in [0, 0.05) is 0 Å². The first-order valence-electron chi connectivity index (χ1n) is 4.22.